The lowest BCUT2D eigenvalue weighted by Gasteiger charge is -2.22. The smallest absolute Gasteiger partial charge is 0.243 e. The van der Waals surface area contributed by atoms with Crippen LogP contribution < -0.4 is 0 Å². The number of halogens is 1. The normalized spacial score (nSPS) is 23.9. The third-order valence-electron chi connectivity index (χ3n) is 4.23. The molecule has 0 amide bonds. The average molecular weight is 331 g/mol. The summed E-state index contributed by atoms with van der Waals surface area (Å²) in [5.41, 5.74) is 1.60. The Morgan fingerprint density at radius 3 is 2.52 bits per heavy atom. The first-order valence-electron chi connectivity index (χ1n) is 7.09. The second kappa shape index (κ2) is 6.24. The van der Waals surface area contributed by atoms with Crippen molar-refractivity contribution in [1.82, 2.24) is 9.21 Å². The molecule has 0 bridgehead atoms. The Bertz CT molecular complexity index is 616. The molecule has 118 valence electrons. The monoisotopic (exact) mass is 330 g/mol. The fraction of sp³-hybridized carbons (Fsp3) is 0.600. The van der Waals surface area contributed by atoms with Crippen molar-refractivity contribution in [1.29, 1.82) is 0 Å². The van der Waals surface area contributed by atoms with Gasteiger partial charge >= 0.3 is 0 Å². The third-order valence-corrected chi connectivity index (χ3v) is 6.51. The highest BCUT2D eigenvalue weighted by molar-refractivity contribution is 7.89. The van der Waals surface area contributed by atoms with Gasteiger partial charge in [0, 0.05) is 25.0 Å². The van der Waals surface area contributed by atoms with Crippen LogP contribution in [0.4, 0.5) is 0 Å². The summed E-state index contributed by atoms with van der Waals surface area (Å²) in [6, 6.07) is 5.66. The van der Waals surface area contributed by atoms with Crippen molar-refractivity contribution in [2.75, 3.05) is 27.2 Å². The van der Waals surface area contributed by atoms with E-state index < -0.39 is 10.0 Å². The number of hydrogen-bond acceptors (Lipinski definition) is 3. The summed E-state index contributed by atoms with van der Waals surface area (Å²) in [5, 5.41) is 0. The van der Waals surface area contributed by atoms with E-state index in [0.29, 0.717) is 29.8 Å². The number of benzene rings is 1. The highest BCUT2D eigenvalue weighted by Gasteiger charge is 2.38. The largest absolute Gasteiger partial charge is 0.305 e. The predicted molar refractivity (Wildman–Crippen MR) is 86.1 cm³/mol. The second-order valence-corrected chi connectivity index (χ2v) is 8.24. The molecule has 0 aromatic heterocycles. The predicted octanol–water partition coefficient (Wildman–Crippen LogP) is 2.30. The summed E-state index contributed by atoms with van der Waals surface area (Å²) in [7, 11) is 0.540. The molecule has 4 nitrogen and oxygen atoms in total. The summed E-state index contributed by atoms with van der Waals surface area (Å²) < 4.78 is 27.4. The fourth-order valence-electron chi connectivity index (χ4n) is 2.92. The first-order valence-corrected chi connectivity index (χ1v) is 9.07. The van der Waals surface area contributed by atoms with Gasteiger partial charge in [0.2, 0.25) is 10.0 Å². The van der Waals surface area contributed by atoms with Crippen LogP contribution in [0.3, 0.4) is 0 Å². The Morgan fingerprint density at radius 1 is 1.33 bits per heavy atom. The van der Waals surface area contributed by atoms with Crippen molar-refractivity contribution in [3.63, 3.8) is 0 Å². The molecule has 0 aliphatic carbocycles. The molecule has 1 aliphatic heterocycles. The van der Waals surface area contributed by atoms with Gasteiger partial charge < -0.3 is 4.90 Å². The van der Waals surface area contributed by atoms with Crippen LogP contribution in [-0.2, 0) is 15.9 Å². The standard InChI is InChI=1S/C15H23ClN2O2S/c1-11-5-6-13(8-16)7-15(11)21(19,20)18-9-12(2)14(10-18)17(3)4/h5-7,12,14H,8-10H2,1-4H3. The van der Waals surface area contributed by atoms with Crippen LogP contribution in [0, 0.1) is 12.8 Å². The molecule has 1 aliphatic rings. The first-order chi connectivity index (χ1) is 9.77. The molecule has 0 spiro atoms. The van der Waals surface area contributed by atoms with Gasteiger partial charge in [-0.3, -0.25) is 0 Å². The zero-order chi connectivity index (χ0) is 15.8. The number of nitrogens with zero attached hydrogens (tertiary/aromatic N) is 2. The molecule has 1 aromatic rings. The number of likely N-dealkylation sites (N-methyl/N-ethyl adjacent to an activating group) is 1. The molecule has 21 heavy (non-hydrogen) atoms. The summed E-state index contributed by atoms with van der Waals surface area (Å²) in [6.45, 7) is 5.03. The zero-order valence-corrected chi connectivity index (χ0v) is 14.6. The quantitative estimate of drug-likeness (QED) is 0.795. The molecule has 0 saturated carbocycles. The third kappa shape index (κ3) is 3.26. The van der Waals surface area contributed by atoms with Crippen molar-refractivity contribution < 1.29 is 8.42 Å². The van der Waals surface area contributed by atoms with Crippen molar-refractivity contribution in [2.45, 2.75) is 30.7 Å². The molecule has 2 rings (SSSR count). The van der Waals surface area contributed by atoms with Crippen LogP contribution >= 0.6 is 11.6 Å². The summed E-state index contributed by atoms with van der Waals surface area (Å²) in [5.74, 6) is 0.644. The lowest BCUT2D eigenvalue weighted by molar-refractivity contribution is 0.263. The van der Waals surface area contributed by atoms with E-state index in [1.807, 2.05) is 33.2 Å². The Hall–Kier alpha value is -0.620. The van der Waals surface area contributed by atoms with E-state index in [4.69, 9.17) is 11.6 Å². The molecule has 6 heteroatoms. The van der Waals surface area contributed by atoms with Crippen LogP contribution in [0.2, 0.25) is 0 Å². The molecular formula is C15H23ClN2O2S. The van der Waals surface area contributed by atoms with E-state index in [9.17, 15) is 8.42 Å². The van der Waals surface area contributed by atoms with E-state index in [1.54, 1.807) is 10.4 Å². The van der Waals surface area contributed by atoms with Gasteiger partial charge in [-0.2, -0.15) is 4.31 Å². The summed E-state index contributed by atoms with van der Waals surface area (Å²) in [4.78, 5) is 2.48. The SMILES string of the molecule is Cc1ccc(CCl)cc1S(=O)(=O)N1CC(C)C(N(C)C)C1. The minimum absolute atomic E-state index is 0.260. The fourth-order valence-corrected chi connectivity index (χ4v) is 4.92. The average Bonchev–Trinajstić information content (AvgIpc) is 2.82. The Labute approximate surface area is 132 Å². The van der Waals surface area contributed by atoms with Crippen molar-refractivity contribution in [3.05, 3.63) is 29.3 Å². The molecule has 1 saturated heterocycles. The maximum atomic E-state index is 12.9. The Kier molecular flexibility index (Phi) is 4.98. The van der Waals surface area contributed by atoms with E-state index in [2.05, 4.69) is 11.8 Å². The topological polar surface area (TPSA) is 40.6 Å². The second-order valence-electron chi connectivity index (χ2n) is 6.06. The molecule has 1 fully saturated rings. The van der Waals surface area contributed by atoms with Gasteiger partial charge in [0.05, 0.1) is 4.90 Å². The van der Waals surface area contributed by atoms with E-state index in [0.717, 1.165) is 11.1 Å². The maximum Gasteiger partial charge on any atom is 0.243 e. The van der Waals surface area contributed by atoms with Gasteiger partial charge in [0.25, 0.3) is 0 Å². The van der Waals surface area contributed by atoms with E-state index in [-0.39, 0.29) is 6.04 Å². The van der Waals surface area contributed by atoms with Crippen LogP contribution in [0.25, 0.3) is 0 Å². The van der Waals surface area contributed by atoms with Gasteiger partial charge in [-0.25, -0.2) is 8.42 Å². The first kappa shape index (κ1) is 16.7. The molecular weight excluding hydrogens is 308 g/mol. The molecule has 2 unspecified atom stereocenters. The van der Waals surface area contributed by atoms with Gasteiger partial charge in [-0.15, -0.1) is 11.6 Å². The zero-order valence-electron chi connectivity index (χ0n) is 13.0. The summed E-state index contributed by atoms with van der Waals surface area (Å²) in [6.07, 6.45) is 0. The van der Waals surface area contributed by atoms with Gasteiger partial charge in [-0.1, -0.05) is 19.1 Å². The molecule has 0 N–H and O–H groups in total. The summed E-state index contributed by atoms with van der Waals surface area (Å²) >= 11 is 5.83. The van der Waals surface area contributed by atoms with Crippen molar-refractivity contribution >= 4 is 21.6 Å². The Morgan fingerprint density at radius 2 is 2.00 bits per heavy atom. The molecule has 2 atom stereocenters. The highest BCUT2D eigenvalue weighted by Crippen LogP contribution is 2.28. The van der Waals surface area contributed by atoms with Crippen LogP contribution in [0.1, 0.15) is 18.1 Å². The van der Waals surface area contributed by atoms with Crippen molar-refractivity contribution in [2.24, 2.45) is 5.92 Å². The van der Waals surface area contributed by atoms with Gasteiger partial charge in [0.15, 0.2) is 0 Å². The van der Waals surface area contributed by atoms with Crippen molar-refractivity contribution in [3.8, 4) is 0 Å². The maximum absolute atomic E-state index is 12.9. The lowest BCUT2D eigenvalue weighted by atomic mass is 10.1. The number of hydrogen-bond donors (Lipinski definition) is 0. The van der Waals surface area contributed by atoms with Crippen LogP contribution in [0.15, 0.2) is 23.1 Å². The lowest BCUT2D eigenvalue weighted by Crippen LogP contribution is -2.36. The van der Waals surface area contributed by atoms with Crippen LogP contribution in [0.5, 0.6) is 0 Å². The van der Waals surface area contributed by atoms with Gasteiger partial charge in [-0.05, 0) is 44.1 Å². The minimum Gasteiger partial charge on any atom is -0.305 e. The van der Waals surface area contributed by atoms with Gasteiger partial charge in [0.1, 0.15) is 0 Å². The number of rotatable bonds is 4. The number of aryl methyl sites for hydroxylation is 1. The molecule has 1 aromatic carbocycles. The van der Waals surface area contributed by atoms with E-state index in [1.165, 1.54) is 0 Å². The minimum atomic E-state index is -3.45. The number of sulfonamides is 1. The number of alkyl halides is 1. The highest BCUT2D eigenvalue weighted by atomic mass is 35.5. The van der Waals surface area contributed by atoms with Crippen LogP contribution in [-0.4, -0.2) is 50.8 Å². The molecule has 0 radical (unpaired) electrons. The Balaban J connectivity index is 2.35. The molecule has 1 heterocycles. The van der Waals surface area contributed by atoms with E-state index >= 15 is 0 Å².